The molecule has 1 fully saturated rings. The largest absolute Gasteiger partial charge is 0.489 e. The molecule has 0 bridgehead atoms. The predicted molar refractivity (Wildman–Crippen MR) is 78.9 cm³/mol. The molecular formula is C14H18N4O4. The second kappa shape index (κ2) is 6.90. The van der Waals surface area contributed by atoms with E-state index in [1.165, 1.54) is 0 Å². The number of hydrogen-bond acceptors (Lipinski definition) is 5. The molecule has 1 aliphatic heterocycles. The summed E-state index contributed by atoms with van der Waals surface area (Å²) in [5.74, 6) is -0.904. The summed E-state index contributed by atoms with van der Waals surface area (Å²) in [6.07, 6.45) is 0.234. The fraction of sp³-hybridized carbons (Fsp3) is 0.357. The summed E-state index contributed by atoms with van der Waals surface area (Å²) in [7, 11) is 0. The summed E-state index contributed by atoms with van der Waals surface area (Å²) in [6.45, 7) is 0.0820. The molecule has 1 saturated heterocycles. The molecule has 8 heteroatoms. The van der Waals surface area contributed by atoms with Crippen molar-refractivity contribution < 1.29 is 19.4 Å². The maximum atomic E-state index is 11.8. The first-order valence-corrected chi connectivity index (χ1v) is 6.79. The van der Waals surface area contributed by atoms with Crippen LogP contribution in [0.1, 0.15) is 12.0 Å². The number of nitrogens with two attached hydrogens (primary N) is 1. The van der Waals surface area contributed by atoms with Gasteiger partial charge >= 0.3 is 5.97 Å². The van der Waals surface area contributed by atoms with Crippen LogP contribution in [0.5, 0.6) is 5.75 Å². The van der Waals surface area contributed by atoms with Gasteiger partial charge in [-0.15, -0.1) is 0 Å². The third-order valence-corrected chi connectivity index (χ3v) is 3.27. The Bertz CT molecular complexity index is 590. The molecule has 2 unspecified atom stereocenters. The van der Waals surface area contributed by atoms with E-state index in [0.717, 1.165) is 0 Å². The van der Waals surface area contributed by atoms with Crippen LogP contribution in [0.15, 0.2) is 24.3 Å². The Labute approximate surface area is 127 Å². The van der Waals surface area contributed by atoms with E-state index in [1.807, 2.05) is 0 Å². The predicted octanol–water partition coefficient (Wildman–Crippen LogP) is -0.719. The monoisotopic (exact) mass is 306 g/mol. The van der Waals surface area contributed by atoms with Crippen LogP contribution in [0.25, 0.3) is 0 Å². The Morgan fingerprint density at radius 2 is 2.27 bits per heavy atom. The SMILES string of the molecule is N=C(N)c1cccc(OC2CNC(C(=O)NCC(=O)O)C2)c1. The van der Waals surface area contributed by atoms with Crippen molar-refractivity contribution in [3.8, 4) is 5.75 Å². The summed E-state index contributed by atoms with van der Waals surface area (Å²) in [5.41, 5.74) is 5.99. The standard InChI is InChI=1S/C14H18N4O4/c15-13(16)8-2-1-3-9(4-8)22-10-5-11(17-6-10)14(21)18-7-12(19)20/h1-4,10-11,17H,5-7H2,(H3,15,16)(H,18,21)(H,19,20). The lowest BCUT2D eigenvalue weighted by Crippen LogP contribution is -2.42. The molecule has 0 aliphatic carbocycles. The molecule has 2 atom stereocenters. The van der Waals surface area contributed by atoms with Crippen LogP contribution in [-0.2, 0) is 9.59 Å². The number of carbonyl (C=O) groups excluding carboxylic acids is 1. The van der Waals surface area contributed by atoms with E-state index in [1.54, 1.807) is 24.3 Å². The zero-order valence-corrected chi connectivity index (χ0v) is 11.8. The first-order chi connectivity index (χ1) is 10.5. The lowest BCUT2D eigenvalue weighted by atomic mass is 10.1. The number of benzene rings is 1. The van der Waals surface area contributed by atoms with Gasteiger partial charge in [-0.25, -0.2) is 0 Å². The maximum Gasteiger partial charge on any atom is 0.322 e. The summed E-state index contributed by atoms with van der Waals surface area (Å²) in [6, 6.07) is 6.40. The molecule has 1 aliphatic rings. The topological polar surface area (TPSA) is 138 Å². The third-order valence-electron chi connectivity index (χ3n) is 3.27. The van der Waals surface area contributed by atoms with Gasteiger partial charge in [0.05, 0.1) is 6.04 Å². The van der Waals surface area contributed by atoms with Crippen LogP contribution < -0.4 is 21.1 Å². The highest BCUT2D eigenvalue weighted by molar-refractivity contribution is 5.95. The zero-order valence-electron chi connectivity index (χ0n) is 11.8. The molecule has 22 heavy (non-hydrogen) atoms. The van der Waals surface area contributed by atoms with E-state index in [9.17, 15) is 9.59 Å². The molecule has 1 aromatic carbocycles. The van der Waals surface area contributed by atoms with Crippen molar-refractivity contribution in [1.29, 1.82) is 5.41 Å². The van der Waals surface area contributed by atoms with Gasteiger partial charge in [0.2, 0.25) is 5.91 Å². The van der Waals surface area contributed by atoms with Crippen molar-refractivity contribution in [3.05, 3.63) is 29.8 Å². The number of nitrogens with one attached hydrogen (secondary N) is 3. The highest BCUT2D eigenvalue weighted by Crippen LogP contribution is 2.18. The smallest absolute Gasteiger partial charge is 0.322 e. The van der Waals surface area contributed by atoms with Gasteiger partial charge in [-0.2, -0.15) is 0 Å². The lowest BCUT2D eigenvalue weighted by Gasteiger charge is -2.13. The van der Waals surface area contributed by atoms with Crippen molar-refractivity contribution in [2.45, 2.75) is 18.6 Å². The van der Waals surface area contributed by atoms with Crippen LogP contribution in [0.2, 0.25) is 0 Å². The minimum atomic E-state index is -1.08. The number of rotatable bonds is 6. The lowest BCUT2D eigenvalue weighted by molar-refractivity contribution is -0.138. The van der Waals surface area contributed by atoms with Gasteiger partial charge in [-0.1, -0.05) is 12.1 Å². The van der Waals surface area contributed by atoms with Gasteiger partial charge in [0, 0.05) is 18.5 Å². The van der Waals surface area contributed by atoms with E-state index >= 15 is 0 Å². The molecule has 0 spiro atoms. The molecule has 8 nitrogen and oxygen atoms in total. The number of carboxylic acid groups (broad SMARTS) is 1. The number of hydrogen-bond donors (Lipinski definition) is 5. The number of aliphatic carboxylic acids is 1. The third kappa shape index (κ3) is 4.19. The molecule has 1 heterocycles. The molecule has 0 radical (unpaired) electrons. The number of amides is 1. The van der Waals surface area contributed by atoms with Gasteiger partial charge in [-0.05, 0) is 12.1 Å². The van der Waals surface area contributed by atoms with Gasteiger partial charge in [0.1, 0.15) is 24.2 Å². The number of amidine groups is 1. The summed E-state index contributed by atoms with van der Waals surface area (Å²) >= 11 is 0. The van der Waals surface area contributed by atoms with E-state index in [0.29, 0.717) is 24.3 Å². The van der Waals surface area contributed by atoms with Crippen LogP contribution in [0, 0.1) is 5.41 Å². The fourth-order valence-electron chi connectivity index (χ4n) is 2.21. The fourth-order valence-corrected chi connectivity index (χ4v) is 2.21. The first kappa shape index (κ1) is 15.8. The normalized spacial score (nSPS) is 20.4. The number of carboxylic acids is 1. The number of carbonyl (C=O) groups is 2. The Morgan fingerprint density at radius 1 is 1.50 bits per heavy atom. The van der Waals surface area contributed by atoms with Crippen molar-refractivity contribution in [1.82, 2.24) is 10.6 Å². The summed E-state index contributed by atoms with van der Waals surface area (Å²) in [5, 5.41) is 21.3. The summed E-state index contributed by atoms with van der Waals surface area (Å²) in [4.78, 5) is 22.2. The molecule has 0 saturated carbocycles. The van der Waals surface area contributed by atoms with E-state index in [-0.39, 0.29) is 17.8 Å². The molecule has 2 rings (SSSR count). The average Bonchev–Trinajstić information content (AvgIpc) is 2.93. The number of nitrogen functional groups attached to an aromatic ring is 1. The van der Waals surface area contributed by atoms with E-state index in [2.05, 4.69) is 10.6 Å². The molecule has 118 valence electrons. The van der Waals surface area contributed by atoms with Crippen molar-refractivity contribution >= 4 is 17.7 Å². The molecule has 1 amide bonds. The molecule has 6 N–H and O–H groups in total. The quantitative estimate of drug-likeness (QED) is 0.347. The highest BCUT2D eigenvalue weighted by atomic mass is 16.5. The van der Waals surface area contributed by atoms with Crippen molar-refractivity contribution in [2.24, 2.45) is 5.73 Å². The molecule has 0 aromatic heterocycles. The Morgan fingerprint density at radius 3 is 2.95 bits per heavy atom. The summed E-state index contributed by atoms with van der Waals surface area (Å²) < 4.78 is 5.76. The highest BCUT2D eigenvalue weighted by Gasteiger charge is 2.30. The number of ether oxygens (including phenoxy) is 1. The van der Waals surface area contributed by atoms with Crippen LogP contribution in [0.4, 0.5) is 0 Å². The Kier molecular flexibility index (Phi) is 4.95. The molecular weight excluding hydrogens is 288 g/mol. The average molecular weight is 306 g/mol. The van der Waals surface area contributed by atoms with Crippen LogP contribution in [-0.4, -0.2) is 48.1 Å². The molecule has 1 aromatic rings. The van der Waals surface area contributed by atoms with Crippen LogP contribution >= 0.6 is 0 Å². The van der Waals surface area contributed by atoms with Gasteiger partial charge < -0.3 is 26.2 Å². The first-order valence-electron chi connectivity index (χ1n) is 6.79. The van der Waals surface area contributed by atoms with Crippen LogP contribution in [0.3, 0.4) is 0 Å². The zero-order chi connectivity index (χ0) is 16.1. The van der Waals surface area contributed by atoms with Crippen molar-refractivity contribution in [2.75, 3.05) is 13.1 Å². The minimum Gasteiger partial charge on any atom is -0.489 e. The maximum absolute atomic E-state index is 11.8. The Balaban J connectivity index is 1.88. The van der Waals surface area contributed by atoms with Gasteiger partial charge in [0.15, 0.2) is 0 Å². The van der Waals surface area contributed by atoms with Crippen molar-refractivity contribution in [3.63, 3.8) is 0 Å². The van der Waals surface area contributed by atoms with E-state index < -0.39 is 18.6 Å². The van der Waals surface area contributed by atoms with Gasteiger partial charge in [0.25, 0.3) is 0 Å². The van der Waals surface area contributed by atoms with E-state index in [4.69, 9.17) is 21.0 Å². The second-order valence-corrected chi connectivity index (χ2v) is 4.99. The second-order valence-electron chi connectivity index (χ2n) is 4.99. The minimum absolute atomic E-state index is 0.0408. The Hall–Kier alpha value is -2.61. The van der Waals surface area contributed by atoms with Gasteiger partial charge in [-0.3, -0.25) is 15.0 Å².